The van der Waals surface area contributed by atoms with Gasteiger partial charge in [0.25, 0.3) is 0 Å². The Hall–Kier alpha value is -2.53. The maximum absolute atomic E-state index is 12.0. The third kappa shape index (κ3) is 6.41. The quantitative estimate of drug-likeness (QED) is 0.754. The molecule has 2 rings (SSSR count). The molecule has 0 saturated heterocycles. The number of amides is 3. The van der Waals surface area contributed by atoms with Crippen LogP contribution in [0.2, 0.25) is 5.02 Å². The first kappa shape index (κ1) is 19.8. The van der Waals surface area contributed by atoms with Crippen molar-refractivity contribution in [3.63, 3.8) is 0 Å². The molecule has 2 aromatic carbocycles. The van der Waals surface area contributed by atoms with Crippen LogP contribution in [0.5, 0.6) is 0 Å². The van der Waals surface area contributed by atoms with Gasteiger partial charge in [0, 0.05) is 37.3 Å². The minimum atomic E-state index is -0.274. The lowest BCUT2D eigenvalue weighted by Crippen LogP contribution is -2.29. The average Bonchev–Trinajstić information content (AvgIpc) is 2.62. The highest BCUT2D eigenvalue weighted by Crippen LogP contribution is 2.13. The van der Waals surface area contributed by atoms with Crippen molar-refractivity contribution in [1.29, 1.82) is 0 Å². The normalized spacial score (nSPS) is 10.3. The first-order chi connectivity index (χ1) is 12.5. The first-order valence-electron chi connectivity index (χ1n) is 8.61. The summed E-state index contributed by atoms with van der Waals surface area (Å²) in [5.74, 6) is 0.0654. The lowest BCUT2D eigenvalue weighted by atomic mass is 10.2. The van der Waals surface area contributed by atoms with Gasteiger partial charge in [0.2, 0.25) is 5.91 Å². The predicted molar refractivity (Wildman–Crippen MR) is 105 cm³/mol. The van der Waals surface area contributed by atoms with E-state index in [4.69, 9.17) is 11.6 Å². The molecule has 2 N–H and O–H groups in total. The lowest BCUT2D eigenvalue weighted by molar-refractivity contribution is -0.129. The summed E-state index contributed by atoms with van der Waals surface area (Å²) in [4.78, 5) is 25.4. The average molecular weight is 374 g/mol. The molecule has 0 saturated carbocycles. The fourth-order valence-corrected chi connectivity index (χ4v) is 2.62. The van der Waals surface area contributed by atoms with E-state index in [0.717, 1.165) is 24.1 Å². The van der Waals surface area contributed by atoms with E-state index in [1.165, 1.54) is 0 Å². The number of halogens is 1. The highest BCUT2D eigenvalue weighted by molar-refractivity contribution is 6.30. The molecule has 2 aromatic rings. The van der Waals surface area contributed by atoms with Crippen molar-refractivity contribution in [2.75, 3.05) is 11.9 Å². The van der Waals surface area contributed by atoms with Crippen molar-refractivity contribution >= 4 is 29.2 Å². The molecule has 6 heteroatoms. The number of anilines is 1. The van der Waals surface area contributed by atoms with Crippen LogP contribution in [0.25, 0.3) is 0 Å². The maximum atomic E-state index is 12.0. The molecular formula is C20H24ClN3O2. The SMILES string of the molecule is CCCN(Cc1ccc(NC(=O)NCc2ccc(Cl)cc2)cc1)C(C)=O. The summed E-state index contributed by atoms with van der Waals surface area (Å²) in [6.07, 6.45) is 0.924. The summed E-state index contributed by atoms with van der Waals surface area (Å²) >= 11 is 5.84. The van der Waals surface area contributed by atoms with E-state index in [9.17, 15) is 9.59 Å². The van der Waals surface area contributed by atoms with Crippen molar-refractivity contribution in [3.8, 4) is 0 Å². The van der Waals surface area contributed by atoms with E-state index in [-0.39, 0.29) is 11.9 Å². The Balaban J connectivity index is 1.84. The molecule has 0 unspecified atom stereocenters. The largest absolute Gasteiger partial charge is 0.339 e. The van der Waals surface area contributed by atoms with Crippen molar-refractivity contribution < 1.29 is 9.59 Å². The Morgan fingerprint density at radius 2 is 1.62 bits per heavy atom. The van der Waals surface area contributed by atoms with Crippen LogP contribution in [0.4, 0.5) is 10.5 Å². The van der Waals surface area contributed by atoms with Crippen LogP contribution in [0, 0.1) is 0 Å². The molecule has 0 radical (unpaired) electrons. The van der Waals surface area contributed by atoms with Gasteiger partial charge in [0.05, 0.1) is 0 Å². The molecular weight excluding hydrogens is 350 g/mol. The van der Waals surface area contributed by atoms with Gasteiger partial charge in [-0.3, -0.25) is 4.79 Å². The zero-order chi connectivity index (χ0) is 18.9. The summed E-state index contributed by atoms with van der Waals surface area (Å²) in [6, 6.07) is 14.5. The van der Waals surface area contributed by atoms with Gasteiger partial charge in [-0.2, -0.15) is 0 Å². The van der Waals surface area contributed by atoms with Crippen molar-refractivity contribution in [3.05, 3.63) is 64.7 Å². The van der Waals surface area contributed by atoms with E-state index in [1.807, 2.05) is 43.3 Å². The molecule has 138 valence electrons. The molecule has 0 atom stereocenters. The first-order valence-corrected chi connectivity index (χ1v) is 8.99. The van der Waals surface area contributed by atoms with Gasteiger partial charge in [-0.15, -0.1) is 0 Å². The van der Waals surface area contributed by atoms with Crippen LogP contribution in [0.3, 0.4) is 0 Å². The van der Waals surface area contributed by atoms with Gasteiger partial charge in [-0.05, 0) is 41.8 Å². The molecule has 0 aliphatic carbocycles. The summed E-state index contributed by atoms with van der Waals surface area (Å²) in [7, 11) is 0. The monoisotopic (exact) mass is 373 g/mol. The Labute approximate surface area is 159 Å². The summed E-state index contributed by atoms with van der Waals surface area (Å²) in [6.45, 7) is 5.36. The Morgan fingerprint density at radius 1 is 1.00 bits per heavy atom. The molecule has 0 aliphatic heterocycles. The van der Waals surface area contributed by atoms with Crippen LogP contribution in [-0.2, 0) is 17.9 Å². The number of hydrogen-bond acceptors (Lipinski definition) is 2. The second-order valence-corrected chi connectivity index (χ2v) is 6.51. The fourth-order valence-electron chi connectivity index (χ4n) is 2.49. The molecule has 0 bridgehead atoms. The summed E-state index contributed by atoms with van der Waals surface area (Å²) in [5.41, 5.74) is 2.70. The standard InChI is InChI=1S/C20H24ClN3O2/c1-3-12-24(15(2)25)14-17-6-10-19(11-7-17)23-20(26)22-13-16-4-8-18(21)9-5-16/h4-11H,3,12-14H2,1-2H3,(H2,22,23,26). The molecule has 26 heavy (non-hydrogen) atoms. The van der Waals surface area contributed by atoms with E-state index < -0.39 is 0 Å². The zero-order valence-corrected chi connectivity index (χ0v) is 15.8. The van der Waals surface area contributed by atoms with Crippen LogP contribution in [-0.4, -0.2) is 23.4 Å². The van der Waals surface area contributed by atoms with Gasteiger partial charge >= 0.3 is 6.03 Å². The highest BCUT2D eigenvalue weighted by Gasteiger charge is 2.08. The second kappa shape index (κ2) is 9.82. The van der Waals surface area contributed by atoms with Crippen LogP contribution < -0.4 is 10.6 Å². The van der Waals surface area contributed by atoms with E-state index in [0.29, 0.717) is 23.8 Å². The number of rotatable bonds is 7. The van der Waals surface area contributed by atoms with Crippen molar-refractivity contribution in [2.45, 2.75) is 33.4 Å². The molecule has 0 aromatic heterocycles. The van der Waals surface area contributed by atoms with Gasteiger partial charge in [0.15, 0.2) is 0 Å². The molecule has 5 nitrogen and oxygen atoms in total. The van der Waals surface area contributed by atoms with E-state index in [1.54, 1.807) is 24.0 Å². The number of nitrogens with zero attached hydrogens (tertiary/aromatic N) is 1. The van der Waals surface area contributed by atoms with E-state index in [2.05, 4.69) is 10.6 Å². The number of hydrogen-bond donors (Lipinski definition) is 2. The maximum Gasteiger partial charge on any atom is 0.319 e. The summed E-state index contributed by atoms with van der Waals surface area (Å²) in [5, 5.41) is 6.26. The Kier molecular flexibility index (Phi) is 7.48. The number of carbonyl (C=O) groups is 2. The van der Waals surface area contributed by atoms with Gasteiger partial charge in [0.1, 0.15) is 0 Å². The van der Waals surface area contributed by atoms with Gasteiger partial charge < -0.3 is 15.5 Å². The number of urea groups is 1. The van der Waals surface area contributed by atoms with Crippen LogP contribution >= 0.6 is 11.6 Å². The highest BCUT2D eigenvalue weighted by atomic mass is 35.5. The molecule has 0 heterocycles. The lowest BCUT2D eigenvalue weighted by Gasteiger charge is -2.20. The number of carbonyl (C=O) groups excluding carboxylic acids is 2. The van der Waals surface area contributed by atoms with Crippen molar-refractivity contribution in [2.24, 2.45) is 0 Å². The fraction of sp³-hybridized carbons (Fsp3) is 0.300. The third-order valence-corrected chi connectivity index (χ3v) is 4.14. The third-order valence-electron chi connectivity index (χ3n) is 3.89. The van der Waals surface area contributed by atoms with E-state index >= 15 is 0 Å². The molecule has 0 aliphatic rings. The van der Waals surface area contributed by atoms with Gasteiger partial charge in [-0.25, -0.2) is 4.79 Å². The smallest absolute Gasteiger partial charge is 0.319 e. The Bertz CT molecular complexity index is 730. The minimum Gasteiger partial charge on any atom is -0.339 e. The van der Waals surface area contributed by atoms with Crippen LogP contribution in [0.1, 0.15) is 31.4 Å². The number of nitrogens with one attached hydrogen (secondary N) is 2. The zero-order valence-electron chi connectivity index (χ0n) is 15.1. The predicted octanol–water partition coefficient (Wildman–Crippen LogP) is 4.42. The molecule has 0 fully saturated rings. The minimum absolute atomic E-state index is 0.0654. The second-order valence-electron chi connectivity index (χ2n) is 6.07. The Morgan fingerprint density at radius 3 is 2.19 bits per heavy atom. The summed E-state index contributed by atoms with van der Waals surface area (Å²) < 4.78 is 0. The molecule has 0 spiro atoms. The number of benzene rings is 2. The van der Waals surface area contributed by atoms with Crippen molar-refractivity contribution in [1.82, 2.24) is 10.2 Å². The molecule has 3 amide bonds. The van der Waals surface area contributed by atoms with Crippen LogP contribution in [0.15, 0.2) is 48.5 Å². The van der Waals surface area contributed by atoms with Gasteiger partial charge in [-0.1, -0.05) is 42.8 Å². The topological polar surface area (TPSA) is 61.4 Å².